The van der Waals surface area contributed by atoms with Crippen LogP contribution in [0.4, 0.5) is 13.2 Å². The molecule has 30 heavy (non-hydrogen) atoms. The average Bonchev–Trinajstić information content (AvgIpc) is 3.11. The molecule has 0 fully saturated rings. The molecule has 164 valence electrons. The molecule has 0 saturated heterocycles. The molecule has 1 unspecified atom stereocenters. The van der Waals surface area contributed by atoms with Crippen molar-refractivity contribution in [2.24, 2.45) is 4.99 Å². The second-order valence-electron chi connectivity index (χ2n) is 6.50. The van der Waals surface area contributed by atoms with Crippen molar-refractivity contribution < 1.29 is 22.6 Å². The van der Waals surface area contributed by atoms with E-state index in [-0.39, 0.29) is 42.5 Å². The molecule has 0 bridgehead atoms. The number of aromatic nitrogens is 1. The van der Waals surface area contributed by atoms with E-state index in [0.717, 1.165) is 12.2 Å². The second kappa shape index (κ2) is 11.2. The Labute approximate surface area is 190 Å². The minimum atomic E-state index is -4.42. The number of nitrogens with one attached hydrogen (secondary N) is 2. The number of aliphatic imine (C=N–C) groups is 1. The molecule has 3 rings (SSSR count). The van der Waals surface area contributed by atoms with E-state index >= 15 is 0 Å². The van der Waals surface area contributed by atoms with Crippen molar-refractivity contribution in [3.8, 4) is 11.6 Å². The number of hydrogen-bond acceptors (Lipinski definition) is 4. The van der Waals surface area contributed by atoms with E-state index in [1.54, 1.807) is 12.1 Å². The number of alkyl halides is 3. The Hall–Kier alpha value is -2.24. The monoisotopic (exact) mass is 536 g/mol. The van der Waals surface area contributed by atoms with Gasteiger partial charge in [-0.1, -0.05) is 24.3 Å². The van der Waals surface area contributed by atoms with Crippen LogP contribution < -0.4 is 20.1 Å². The van der Waals surface area contributed by atoms with Gasteiger partial charge in [0.2, 0.25) is 5.88 Å². The molecule has 0 saturated carbocycles. The number of hydrogen-bond donors (Lipinski definition) is 2. The average molecular weight is 536 g/mol. The summed E-state index contributed by atoms with van der Waals surface area (Å²) in [6, 6.07) is 11.2. The Morgan fingerprint density at radius 2 is 2.03 bits per heavy atom. The lowest BCUT2D eigenvalue weighted by molar-refractivity contribution is -0.154. The molecule has 1 aromatic heterocycles. The van der Waals surface area contributed by atoms with E-state index < -0.39 is 12.8 Å². The predicted octanol–water partition coefficient (Wildman–Crippen LogP) is 3.70. The van der Waals surface area contributed by atoms with Crippen LogP contribution >= 0.6 is 24.0 Å². The van der Waals surface area contributed by atoms with Gasteiger partial charge in [-0.2, -0.15) is 13.2 Å². The number of halogens is 4. The van der Waals surface area contributed by atoms with Gasteiger partial charge in [0, 0.05) is 24.7 Å². The van der Waals surface area contributed by atoms with Gasteiger partial charge in [0.05, 0.1) is 13.1 Å². The molecule has 1 aromatic carbocycles. The molecular weight excluding hydrogens is 512 g/mol. The molecule has 6 nitrogen and oxygen atoms in total. The van der Waals surface area contributed by atoms with Gasteiger partial charge in [0.25, 0.3) is 0 Å². The highest BCUT2D eigenvalue weighted by molar-refractivity contribution is 14.0. The van der Waals surface area contributed by atoms with E-state index in [1.807, 2.05) is 31.2 Å². The number of nitrogens with zero attached hydrogens (tertiary/aromatic N) is 2. The molecule has 1 atom stereocenters. The standard InChI is InChI=1S/C20H23F3N4O2.HI/c1-2-24-19(27-12-16-10-14-6-3-4-8-17(14)29-16)26-11-15-7-5-9-25-18(15)28-13-20(21,22)23;/h3-9,16H,2,10-13H2,1H3,(H2,24,26,27);1H. The third-order valence-corrected chi connectivity index (χ3v) is 4.19. The topological polar surface area (TPSA) is 67.8 Å². The first-order valence-corrected chi connectivity index (χ1v) is 9.35. The van der Waals surface area contributed by atoms with Crippen molar-refractivity contribution in [3.63, 3.8) is 0 Å². The highest BCUT2D eigenvalue weighted by Crippen LogP contribution is 2.27. The first-order chi connectivity index (χ1) is 13.9. The van der Waals surface area contributed by atoms with E-state index in [0.29, 0.717) is 24.6 Å². The highest BCUT2D eigenvalue weighted by atomic mass is 127. The van der Waals surface area contributed by atoms with Crippen LogP contribution in [-0.4, -0.2) is 42.9 Å². The van der Waals surface area contributed by atoms with Crippen LogP contribution in [0.15, 0.2) is 47.6 Å². The van der Waals surface area contributed by atoms with E-state index in [4.69, 9.17) is 9.47 Å². The molecule has 0 radical (unpaired) electrons. The zero-order valence-corrected chi connectivity index (χ0v) is 18.7. The zero-order chi connectivity index (χ0) is 20.7. The zero-order valence-electron chi connectivity index (χ0n) is 16.4. The summed E-state index contributed by atoms with van der Waals surface area (Å²) < 4.78 is 48.0. The quantitative estimate of drug-likeness (QED) is 0.321. The maximum atomic E-state index is 12.4. The van der Waals surface area contributed by atoms with Gasteiger partial charge in [0.15, 0.2) is 12.6 Å². The van der Waals surface area contributed by atoms with E-state index in [2.05, 4.69) is 20.6 Å². The number of ether oxygens (including phenoxy) is 2. The molecule has 1 aliphatic heterocycles. The fourth-order valence-corrected chi connectivity index (χ4v) is 2.91. The van der Waals surface area contributed by atoms with Crippen molar-refractivity contribution in [3.05, 3.63) is 53.7 Å². The fourth-order valence-electron chi connectivity index (χ4n) is 2.91. The van der Waals surface area contributed by atoms with Crippen LogP contribution in [0.1, 0.15) is 18.1 Å². The number of rotatable bonds is 7. The van der Waals surface area contributed by atoms with Crippen LogP contribution in [0.3, 0.4) is 0 Å². The number of benzene rings is 1. The van der Waals surface area contributed by atoms with Gasteiger partial charge >= 0.3 is 6.18 Å². The molecule has 2 heterocycles. The number of pyridine rings is 1. The maximum absolute atomic E-state index is 12.4. The third-order valence-electron chi connectivity index (χ3n) is 4.19. The molecule has 0 aliphatic carbocycles. The molecule has 0 spiro atoms. The van der Waals surface area contributed by atoms with Crippen LogP contribution in [0.2, 0.25) is 0 Å². The van der Waals surface area contributed by atoms with E-state index in [9.17, 15) is 13.2 Å². The largest absolute Gasteiger partial charge is 0.488 e. The summed E-state index contributed by atoms with van der Waals surface area (Å²) in [4.78, 5) is 8.32. The summed E-state index contributed by atoms with van der Waals surface area (Å²) in [5.74, 6) is 1.36. The first-order valence-electron chi connectivity index (χ1n) is 9.35. The van der Waals surface area contributed by atoms with Gasteiger partial charge in [-0.15, -0.1) is 24.0 Å². The Bertz CT molecular complexity index is 824. The third kappa shape index (κ3) is 7.22. The first kappa shape index (κ1) is 24.0. The van der Waals surface area contributed by atoms with Crippen molar-refractivity contribution in [1.29, 1.82) is 0 Å². The normalized spacial score (nSPS) is 15.6. The summed E-state index contributed by atoms with van der Waals surface area (Å²) in [5, 5.41) is 6.33. The summed E-state index contributed by atoms with van der Waals surface area (Å²) in [6.45, 7) is 1.86. The van der Waals surface area contributed by atoms with Crippen molar-refractivity contribution >= 4 is 29.9 Å². The summed E-state index contributed by atoms with van der Waals surface area (Å²) in [5.41, 5.74) is 1.64. The van der Waals surface area contributed by atoms with Crippen LogP contribution in [0, 0.1) is 0 Å². The lowest BCUT2D eigenvalue weighted by atomic mass is 10.1. The molecule has 2 aromatic rings. The van der Waals surface area contributed by atoms with Crippen molar-refractivity contribution in [1.82, 2.24) is 15.6 Å². The van der Waals surface area contributed by atoms with E-state index in [1.165, 1.54) is 11.8 Å². The Morgan fingerprint density at radius 3 is 2.77 bits per heavy atom. The fraction of sp³-hybridized carbons (Fsp3) is 0.400. The Kier molecular flexibility index (Phi) is 9.00. The summed E-state index contributed by atoms with van der Waals surface area (Å²) >= 11 is 0. The van der Waals surface area contributed by atoms with Crippen LogP contribution in [0.5, 0.6) is 11.6 Å². The Morgan fingerprint density at radius 1 is 1.23 bits per heavy atom. The van der Waals surface area contributed by atoms with Gasteiger partial charge in [0.1, 0.15) is 11.9 Å². The Balaban J connectivity index is 0.00000320. The predicted molar refractivity (Wildman–Crippen MR) is 119 cm³/mol. The van der Waals surface area contributed by atoms with Crippen LogP contribution in [-0.2, 0) is 13.0 Å². The van der Waals surface area contributed by atoms with Gasteiger partial charge in [-0.25, -0.2) is 9.98 Å². The minimum Gasteiger partial charge on any atom is -0.488 e. The number of para-hydroxylation sites is 1. The number of guanidine groups is 1. The van der Waals surface area contributed by atoms with Crippen molar-refractivity contribution in [2.45, 2.75) is 32.2 Å². The van der Waals surface area contributed by atoms with Crippen molar-refractivity contribution in [2.75, 3.05) is 19.7 Å². The highest BCUT2D eigenvalue weighted by Gasteiger charge is 2.29. The lowest BCUT2D eigenvalue weighted by Gasteiger charge is -2.16. The van der Waals surface area contributed by atoms with Gasteiger partial charge in [-0.05, 0) is 24.6 Å². The number of fused-ring (bicyclic) bond motifs is 1. The van der Waals surface area contributed by atoms with Crippen LogP contribution in [0.25, 0.3) is 0 Å². The lowest BCUT2D eigenvalue weighted by Crippen LogP contribution is -2.42. The molecular formula is C20H24F3IN4O2. The maximum Gasteiger partial charge on any atom is 0.422 e. The smallest absolute Gasteiger partial charge is 0.422 e. The SMILES string of the molecule is CCNC(=NCc1cccnc1OCC(F)(F)F)NCC1Cc2ccccc2O1.I. The second-order valence-corrected chi connectivity index (χ2v) is 6.50. The van der Waals surface area contributed by atoms with Gasteiger partial charge in [-0.3, -0.25) is 0 Å². The molecule has 2 N–H and O–H groups in total. The summed E-state index contributed by atoms with van der Waals surface area (Å²) in [7, 11) is 0. The molecule has 1 aliphatic rings. The molecule has 10 heteroatoms. The summed E-state index contributed by atoms with van der Waals surface area (Å²) in [6.07, 6.45) is -2.24. The molecule has 0 amide bonds. The minimum absolute atomic E-state index is 0. The van der Waals surface area contributed by atoms with Gasteiger partial charge < -0.3 is 20.1 Å².